The fourth-order valence-corrected chi connectivity index (χ4v) is 1.62. The summed E-state index contributed by atoms with van der Waals surface area (Å²) in [4.78, 5) is 18.2. The van der Waals surface area contributed by atoms with Crippen molar-refractivity contribution < 1.29 is 14.6 Å². The molecule has 0 aliphatic rings. The van der Waals surface area contributed by atoms with Crippen molar-refractivity contribution in [2.75, 3.05) is 0 Å². The summed E-state index contributed by atoms with van der Waals surface area (Å²) in [6, 6.07) is 8.70. The summed E-state index contributed by atoms with van der Waals surface area (Å²) in [5.41, 5.74) is 1.67. The molecule has 0 atom stereocenters. The molecule has 1 aromatic carbocycles. The Bertz CT molecular complexity index is 572. The van der Waals surface area contributed by atoms with Crippen LogP contribution in [-0.2, 0) is 17.8 Å². The number of ether oxygens (including phenoxy) is 1. The van der Waals surface area contributed by atoms with Crippen LogP contribution in [0.3, 0.4) is 0 Å². The lowest BCUT2D eigenvalue weighted by Crippen LogP contribution is -2.01. The van der Waals surface area contributed by atoms with Gasteiger partial charge in [0, 0.05) is 6.07 Å². The van der Waals surface area contributed by atoms with Crippen LogP contribution >= 0.6 is 11.6 Å². The highest BCUT2D eigenvalue weighted by Gasteiger charge is 2.02. The van der Waals surface area contributed by atoms with Gasteiger partial charge in [0.2, 0.25) is 5.88 Å². The summed E-state index contributed by atoms with van der Waals surface area (Å²) in [6.45, 7) is 0.334. The van der Waals surface area contributed by atoms with Crippen molar-refractivity contribution in [1.82, 2.24) is 9.97 Å². The Balaban J connectivity index is 1.94. The lowest BCUT2D eigenvalue weighted by Gasteiger charge is -2.05. The summed E-state index contributed by atoms with van der Waals surface area (Å²) < 4.78 is 5.44. The third kappa shape index (κ3) is 4.22. The molecule has 2 aromatic rings. The van der Waals surface area contributed by atoms with E-state index in [2.05, 4.69) is 9.97 Å². The van der Waals surface area contributed by atoms with Gasteiger partial charge in [-0.05, 0) is 11.1 Å². The fraction of sp³-hybridized carbons (Fsp3) is 0.154. The molecular formula is C13H11ClN2O3. The van der Waals surface area contributed by atoms with E-state index in [9.17, 15) is 4.79 Å². The van der Waals surface area contributed by atoms with Gasteiger partial charge in [0.25, 0.3) is 0 Å². The van der Waals surface area contributed by atoms with Gasteiger partial charge in [-0.25, -0.2) is 9.97 Å². The molecule has 1 heterocycles. The molecule has 2 rings (SSSR count). The van der Waals surface area contributed by atoms with Crippen molar-refractivity contribution in [3.05, 3.63) is 52.9 Å². The zero-order chi connectivity index (χ0) is 13.7. The van der Waals surface area contributed by atoms with Crippen LogP contribution < -0.4 is 4.74 Å². The van der Waals surface area contributed by atoms with Crippen LogP contribution in [-0.4, -0.2) is 21.0 Å². The van der Waals surface area contributed by atoms with Crippen molar-refractivity contribution in [1.29, 1.82) is 0 Å². The maximum atomic E-state index is 10.5. The molecule has 1 N–H and O–H groups in total. The lowest BCUT2D eigenvalue weighted by atomic mass is 10.1. The zero-order valence-electron chi connectivity index (χ0n) is 9.91. The number of benzene rings is 1. The van der Waals surface area contributed by atoms with E-state index in [-0.39, 0.29) is 6.42 Å². The minimum absolute atomic E-state index is 0.0165. The van der Waals surface area contributed by atoms with Crippen LogP contribution in [0.1, 0.15) is 11.1 Å². The van der Waals surface area contributed by atoms with Crippen LogP contribution in [0, 0.1) is 0 Å². The molecule has 98 valence electrons. The largest absolute Gasteiger partial charge is 0.481 e. The summed E-state index contributed by atoms with van der Waals surface area (Å²) in [5, 5.41) is 8.98. The monoisotopic (exact) mass is 278 g/mol. The first-order chi connectivity index (χ1) is 9.13. The van der Waals surface area contributed by atoms with Gasteiger partial charge in [-0.2, -0.15) is 0 Å². The SMILES string of the molecule is O=C(O)Cc1ccc(COc2cc(Cl)ncn2)cc1. The summed E-state index contributed by atoms with van der Waals surface area (Å²) in [7, 11) is 0. The van der Waals surface area contributed by atoms with Gasteiger partial charge < -0.3 is 9.84 Å². The molecule has 0 bridgehead atoms. The fourth-order valence-electron chi connectivity index (χ4n) is 1.48. The Morgan fingerprint density at radius 3 is 2.53 bits per heavy atom. The van der Waals surface area contributed by atoms with Crippen LogP contribution in [0.25, 0.3) is 0 Å². The normalized spacial score (nSPS) is 10.2. The third-order valence-corrected chi connectivity index (χ3v) is 2.58. The Kier molecular flexibility index (Phi) is 4.30. The predicted octanol–water partition coefficient (Wildman–Crippen LogP) is 2.34. The van der Waals surface area contributed by atoms with E-state index >= 15 is 0 Å². The van der Waals surface area contributed by atoms with Gasteiger partial charge in [0.1, 0.15) is 18.1 Å². The second-order valence-electron chi connectivity index (χ2n) is 3.85. The van der Waals surface area contributed by atoms with Gasteiger partial charge in [-0.15, -0.1) is 0 Å². The van der Waals surface area contributed by atoms with Crippen LogP contribution in [0.5, 0.6) is 5.88 Å². The molecule has 0 unspecified atom stereocenters. The number of nitrogens with zero attached hydrogens (tertiary/aromatic N) is 2. The molecule has 0 amide bonds. The van der Waals surface area contributed by atoms with E-state index in [1.807, 2.05) is 12.1 Å². The quantitative estimate of drug-likeness (QED) is 0.850. The Morgan fingerprint density at radius 2 is 1.89 bits per heavy atom. The van der Waals surface area contributed by atoms with E-state index in [0.29, 0.717) is 17.6 Å². The molecule has 0 saturated carbocycles. The molecule has 0 radical (unpaired) electrons. The van der Waals surface area contributed by atoms with Crippen molar-refractivity contribution in [3.8, 4) is 5.88 Å². The minimum atomic E-state index is -0.848. The topological polar surface area (TPSA) is 72.3 Å². The van der Waals surface area contributed by atoms with E-state index < -0.39 is 5.97 Å². The van der Waals surface area contributed by atoms with Gasteiger partial charge in [0.05, 0.1) is 6.42 Å². The zero-order valence-corrected chi connectivity index (χ0v) is 10.7. The summed E-state index contributed by atoms with van der Waals surface area (Å²) in [5.74, 6) is -0.450. The summed E-state index contributed by atoms with van der Waals surface area (Å²) in [6.07, 6.45) is 1.34. The number of hydrogen-bond donors (Lipinski definition) is 1. The Hall–Kier alpha value is -2.14. The first-order valence-electron chi connectivity index (χ1n) is 5.53. The smallest absolute Gasteiger partial charge is 0.307 e. The van der Waals surface area contributed by atoms with Gasteiger partial charge in [0.15, 0.2) is 0 Å². The maximum absolute atomic E-state index is 10.5. The number of aromatic nitrogens is 2. The van der Waals surface area contributed by atoms with Crippen LogP contribution in [0.15, 0.2) is 36.7 Å². The van der Waals surface area contributed by atoms with Crippen molar-refractivity contribution in [2.24, 2.45) is 0 Å². The predicted molar refractivity (Wildman–Crippen MR) is 69.2 cm³/mol. The van der Waals surface area contributed by atoms with Crippen LogP contribution in [0.4, 0.5) is 0 Å². The van der Waals surface area contributed by atoms with E-state index in [0.717, 1.165) is 11.1 Å². The maximum Gasteiger partial charge on any atom is 0.307 e. The second kappa shape index (κ2) is 6.15. The van der Waals surface area contributed by atoms with E-state index in [1.54, 1.807) is 12.1 Å². The highest BCUT2D eigenvalue weighted by atomic mass is 35.5. The molecule has 5 nitrogen and oxygen atoms in total. The molecule has 0 fully saturated rings. The highest BCUT2D eigenvalue weighted by Crippen LogP contribution is 2.13. The molecule has 0 aliphatic carbocycles. The number of carbonyl (C=O) groups is 1. The number of hydrogen-bond acceptors (Lipinski definition) is 4. The van der Waals surface area contributed by atoms with Crippen molar-refractivity contribution >= 4 is 17.6 Å². The minimum Gasteiger partial charge on any atom is -0.481 e. The average molecular weight is 279 g/mol. The number of carboxylic acid groups (broad SMARTS) is 1. The number of rotatable bonds is 5. The molecule has 1 aromatic heterocycles. The van der Waals surface area contributed by atoms with E-state index in [4.69, 9.17) is 21.4 Å². The number of halogens is 1. The molecule has 6 heteroatoms. The second-order valence-corrected chi connectivity index (χ2v) is 4.24. The van der Waals surface area contributed by atoms with Gasteiger partial charge in [-0.1, -0.05) is 35.9 Å². The van der Waals surface area contributed by atoms with Crippen molar-refractivity contribution in [2.45, 2.75) is 13.0 Å². The van der Waals surface area contributed by atoms with Gasteiger partial charge >= 0.3 is 5.97 Å². The van der Waals surface area contributed by atoms with Gasteiger partial charge in [-0.3, -0.25) is 4.79 Å². The Labute approximate surface area is 114 Å². The third-order valence-electron chi connectivity index (χ3n) is 2.37. The van der Waals surface area contributed by atoms with Crippen LogP contribution in [0.2, 0.25) is 5.15 Å². The lowest BCUT2D eigenvalue weighted by molar-refractivity contribution is -0.136. The molecule has 0 saturated heterocycles. The van der Waals surface area contributed by atoms with E-state index in [1.165, 1.54) is 12.4 Å². The molecule has 0 spiro atoms. The number of aliphatic carboxylic acids is 1. The highest BCUT2D eigenvalue weighted by molar-refractivity contribution is 6.29. The van der Waals surface area contributed by atoms with Crippen molar-refractivity contribution in [3.63, 3.8) is 0 Å². The Morgan fingerprint density at radius 1 is 1.21 bits per heavy atom. The average Bonchev–Trinajstić information content (AvgIpc) is 2.37. The first-order valence-corrected chi connectivity index (χ1v) is 5.91. The summed E-state index contributed by atoms with van der Waals surface area (Å²) >= 11 is 5.71. The standard InChI is InChI=1S/C13H11ClN2O3/c14-11-6-12(16-8-15-11)19-7-10-3-1-9(2-4-10)5-13(17)18/h1-4,6,8H,5,7H2,(H,17,18). The first kappa shape index (κ1) is 13.3. The molecular weight excluding hydrogens is 268 g/mol. The molecule has 0 aliphatic heterocycles. The number of carboxylic acids is 1. The molecule has 19 heavy (non-hydrogen) atoms.